The maximum Gasteiger partial charge on any atom is 0.410 e. The number of carbonyl (C=O) groups excluding carboxylic acids is 2. The lowest BCUT2D eigenvalue weighted by atomic mass is 9.98. The molecule has 0 unspecified atom stereocenters. The molecule has 2 aromatic carbocycles. The van der Waals surface area contributed by atoms with Gasteiger partial charge in [-0.1, -0.05) is 53.7 Å². The molecular formula is C27H29N3O5. The molecule has 0 N–H and O–H groups in total. The van der Waals surface area contributed by atoms with Crippen molar-refractivity contribution in [3.8, 4) is 5.75 Å². The van der Waals surface area contributed by atoms with Crippen molar-refractivity contribution in [3.05, 3.63) is 83.2 Å². The third-order valence-electron chi connectivity index (χ3n) is 6.72. The van der Waals surface area contributed by atoms with Crippen LogP contribution in [-0.2, 0) is 17.8 Å². The van der Waals surface area contributed by atoms with E-state index in [1.54, 1.807) is 6.92 Å². The van der Waals surface area contributed by atoms with Crippen molar-refractivity contribution in [2.45, 2.75) is 44.9 Å². The number of hydrogen-bond acceptors (Lipinski definition) is 6. The SMILES string of the molecule is Cc1noc(COc2ccccc2)c1C(=O)N1CCC(N2C(=O)OC[C@H]2Cc2ccccc2)CC1. The number of amides is 2. The number of carbonyl (C=O) groups is 2. The van der Waals surface area contributed by atoms with Crippen LogP contribution >= 0.6 is 0 Å². The molecule has 0 radical (unpaired) electrons. The highest BCUT2D eigenvalue weighted by Crippen LogP contribution is 2.27. The molecule has 2 saturated heterocycles. The van der Waals surface area contributed by atoms with Crippen molar-refractivity contribution < 1.29 is 23.6 Å². The average Bonchev–Trinajstić information content (AvgIpc) is 3.45. The van der Waals surface area contributed by atoms with Gasteiger partial charge in [0.25, 0.3) is 5.91 Å². The van der Waals surface area contributed by atoms with Gasteiger partial charge in [0.2, 0.25) is 0 Å². The summed E-state index contributed by atoms with van der Waals surface area (Å²) in [6.07, 6.45) is 1.90. The van der Waals surface area contributed by atoms with Gasteiger partial charge in [0, 0.05) is 19.1 Å². The average molecular weight is 476 g/mol. The van der Waals surface area contributed by atoms with Crippen molar-refractivity contribution in [2.24, 2.45) is 0 Å². The number of para-hydroxylation sites is 1. The summed E-state index contributed by atoms with van der Waals surface area (Å²) in [5.41, 5.74) is 2.19. The van der Waals surface area contributed by atoms with Gasteiger partial charge in [-0.3, -0.25) is 9.69 Å². The number of likely N-dealkylation sites (tertiary alicyclic amines) is 1. The number of ether oxygens (including phenoxy) is 2. The van der Waals surface area contributed by atoms with Gasteiger partial charge in [0.1, 0.15) is 24.5 Å². The predicted molar refractivity (Wildman–Crippen MR) is 128 cm³/mol. The minimum absolute atomic E-state index is 0.0132. The molecule has 2 fully saturated rings. The first kappa shape index (κ1) is 23.0. The van der Waals surface area contributed by atoms with Gasteiger partial charge in [-0.25, -0.2) is 4.79 Å². The van der Waals surface area contributed by atoms with Crippen molar-refractivity contribution in [3.63, 3.8) is 0 Å². The van der Waals surface area contributed by atoms with Crippen LogP contribution in [-0.4, -0.2) is 58.7 Å². The van der Waals surface area contributed by atoms with E-state index >= 15 is 0 Å². The summed E-state index contributed by atoms with van der Waals surface area (Å²) in [6.45, 7) is 3.40. The molecule has 5 rings (SSSR count). The van der Waals surface area contributed by atoms with Gasteiger partial charge < -0.3 is 18.9 Å². The second-order valence-electron chi connectivity index (χ2n) is 9.02. The fraction of sp³-hybridized carbons (Fsp3) is 0.370. The van der Waals surface area contributed by atoms with Crippen molar-refractivity contribution >= 4 is 12.0 Å². The summed E-state index contributed by atoms with van der Waals surface area (Å²) in [7, 11) is 0. The molecule has 2 amide bonds. The molecule has 2 aliphatic heterocycles. The van der Waals surface area contributed by atoms with E-state index in [0.717, 1.165) is 6.42 Å². The Kier molecular flexibility index (Phi) is 6.70. The number of aromatic nitrogens is 1. The molecule has 3 heterocycles. The fourth-order valence-electron chi connectivity index (χ4n) is 4.92. The Bertz CT molecular complexity index is 1160. The zero-order valence-electron chi connectivity index (χ0n) is 19.8. The lowest BCUT2D eigenvalue weighted by Crippen LogP contribution is -2.50. The molecular weight excluding hydrogens is 446 g/mol. The molecule has 1 aromatic heterocycles. The summed E-state index contributed by atoms with van der Waals surface area (Å²) in [5, 5.41) is 4.01. The van der Waals surface area contributed by atoms with Gasteiger partial charge in [-0.15, -0.1) is 0 Å². The van der Waals surface area contributed by atoms with Gasteiger partial charge >= 0.3 is 6.09 Å². The zero-order valence-corrected chi connectivity index (χ0v) is 19.8. The van der Waals surface area contributed by atoms with E-state index in [1.165, 1.54) is 5.56 Å². The minimum Gasteiger partial charge on any atom is -0.486 e. The number of aryl methyl sites for hydroxylation is 1. The standard InChI is InChI=1S/C27H29N3O5/c1-19-25(24(35-28-19)18-33-23-10-6-3-7-11-23)26(31)29-14-12-21(13-15-29)30-22(17-34-27(30)32)16-20-8-4-2-5-9-20/h2-11,21-22H,12-18H2,1H3/t22-/m1/s1. The van der Waals surface area contributed by atoms with Crippen LogP contribution in [0.3, 0.4) is 0 Å². The van der Waals surface area contributed by atoms with E-state index in [1.807, 2.05) is 58.3 Å². The molecule has 8 nitrogen and oxygen atoms in total. The Balaban J connectivity index is 1.21. The van der Waals surface area contributed by atoms with Gasteiger partial charge in [-0.2, -0.15) is 0 Å². The lowest BCUT2D eigenvalue weighted by molar-refractivity contribution is 0.0632. The largest absolute Gasteiger partial charge is 0.486 e. The molecule has 8 heteroatoms. The van der Waals surface area contributed by atoms with Gasteiger partial charge in [-0.05, 0) is 43.9 Å². The minimum atomic E-state index is -0.258. The normalized spacial score (nSPS) is 18.5. The van der Waals surface area contributed by atoms with Crippen LogP contribution in [0.2, 0.25) is 0 Å². The fourth-order valence-corrected chi connectivity index (χ4v) is 4.92. The van der Waals surface area contributed by atoms with Crippen LogP contribution in [0.5, 0.6) is 5.75 Å². The van der Waals surface area contributed by atoms with Gasteiger partial charge in [0.15, 0.2) is 5.76 Å². The highest BCUT2D eigenvalue weighted by atomic mass is 16.6. The Morgan fingerprint density at radius 1 is 1.06 bits per heavy atom. The number of rotatable bonds is 7. The summed E-state index contributed by atoms with van der Waals surface area (Å²) in [6, 6.07) is 19.6. The third-order valence-corrected chi connectivity index (χ3v) is 6.72. The number of cyclic esters (lactones) is 1. The Morgan fingerprint density at radius 2 is 1.74 bits per heavy atom. The van der Waals surface area contributed by atoms with Crippen molar-refractivity contribution in [1.82, 2.24) is 15.0 Å². The maximum absolute atomic E-state index is 13.4. The summed E-state index contributed by atoms with van der Waals surface area (Å²) >= 11 is 0. The van der Waals surface area contributed by atoms with Crippen molar-refractivity contribution in [2.75, 3.05) is 19.7 Å². The number of nitrogens with zero attached hydrogens (tertiary/aromatic N) is 3. The van der Waals surface area contributed by atoms with Crippen LogP contribution in [0.25, 0.3) is 0 Å². The molecule has 0 bridgehead atoms. The zero-order chi connectivity index (χ0) is 24.2. The second-order valence-corrected chi connectivity index (χ2v) is 9.02. The topological polar surface area (TPSA) is 85.1 Å². The maximum atomic E-state index is 13.4. The van der Waals surface area contributed by atoms with Crippen LogP contribution in [0, 0.1) is 6.92 Å². The summed E-state index contributed by atoms with van der Waals surface area (Å²) in [4.78, 5) is 29.6. The first-order chi connectivity index (χ1) is 17.1. The number of benzene rings is 2. The van der Waals surface area contributed by atoms with Crippen LogP contribution in [0.1, 0.15) is 40.2 Å². The van der Waals surface area contributed by atoms with Gasteiger partial charge in [0.05, 0.1) is 11.7 Å². The summed E-state index contributed by atoms with van der Waals surface area (Å²) in [5.74, 6) is 1.01. The van der Waals surface area contributed by atoms with Crippen molar-refractivity contribution in [1.29, 1.82) is 0 Å². The smallest absolute Gasteiger partial charge is 0.410 e. The predicted octanol–water partition coefficient (Wildman–Crippen LogP) is 4.23. The monoisotopic (exact) mass is 475 g/mol. The third kappa shape index (κ3) is 5.01. The first-order valence-electron chi connectivity index (χ1n) is 12.0. The van der Waals surface area contributed by atoms with E-state index in [9.17, 15) is 9.59 Å². The van der Waals surface area contributed by atoms with E-state index < -0.39 is 0 Å². The Morgan fingerprint density at radius 3 is 2.46 bits per heavy atom. The van der Waals surface area contributed by atoms with Crippen LogP contribution < -0.4 is 4.74 Å². The van der Waals surface area contributed by atoms with Crippen LogP contribution in [0.4, 0.5) is 4.79 Å². The molecule has 3 aromatic rings. The first-order valence-corrected chi connectivity index (χ1v) is 12.0. The Hall–Kier alpha value is -3.81. The molecule has 182 valence electrons. The Labute approximate surface area is 204 Å². The van der Waals surface area contributed by atoms with Crippen LogP contribution in [0.15, 0.2) is 65.2 Å². The van der Waals surface area contributed by atoms with E-state index in [-0.39, 0.29) is 30.7 Å². The highest BCUT2D eigenvalue weighted by Gasteiger charge is 2.40. The molecule has 2 aliphatic rings. The molecule has 0 spiro atoms. The number of hydrogen-bond donors (Lipinski definition) is 0. The van der Waals surface area contributed by atoms with E-state index in [2.05, 4.69) is 17.3 Å². The quantitative estimate of drug-likeness (QED) is 0.508. The summed E-state index contributed by atoms with van der Waals surface area (Å²) < 4.78 is 16.6. The molecule has 1 atom stereocenters. The van der Waals surface area contributed by atoms with E-state index in [4.69, 9.17) is 14.0 Å². The molecule has 0 aliphatic carbocycles. The molecule has 35 heavy (non-hydrogen) atoms. The number of piperidine rings is 1. The lowest BCUT2D eigenvalue weighted by Gasteiger charge is -2.38. The van der Waals surface area contributed by atoms with E-state index in [0.29, 0.717) is 55.3 Å². The second kappa shape index (κ2) is 10.2. The molecule has 0 saturated carbocycles. The highest BCUT2D eigenvalue weighted by molar-refractivity contribution is 5.96.